The lowest BCUT2D eigenvalue weighted by atomic mass is 10.1. The lowest BCUT2D eigenvalue weighted by Gasteiger charge is -2.16. The Bertz CT molecular complexity index is 889. The number of methoxy groups -OCH3 is 2. The largest absolute Gasteiger partial charge is 0.493 e. The van der Waals surface area contributed by atoms with Gasteiger partial charge in [-0.15, -0.1) is 0 Å². The average molecular weight is 400 g/mol. The predicted octanol–water partition coefficient (Wildman–Crippen LogP) is 3.73. The van der Waals surface area contributed by atoms with Crippen molar-refractivity contribution >= 4 is 17.5 Å². The molecular formula is C21H22ClN3O3. The molecule has 2 N–H and O–H groups in total. The first-order chi connectivity index (χ1) is 13.5. The third-order valence-corrected chi connectivity index (χ3v) is 4.34. The Morgan fingerprint density at radius 2 is 1.86 bits per heavy atom. The molecule has 146 valence electrons. The summed E-state index contributed by atoms with van der Waals surface area (Å²) in [5, 5.41) is 15.7. The third-order valence-electron chi connectivity index (χ3n) is 4.09. The van der Waals surface area contributed by atoms with E-state index in [-0.39, 0.29) is 11.6 Å². The Labute approximate surface area is 169 Å². The molecule has 0 aromatic heterocycles. The fraction of sp³-hybridized carbons (Fsp3) is 0.238. The van der Waals surface area contributed by atoms with Crippen LogP contribution < -0.4 is 20.1 Å². The standard InChI is InChI=1S/C21H22ClN3O3/c1-14(16-6-9-19(27-2)20(10-16)28-3)25-21(26)17(11-23)13-24-12-15-4-7-18(22)8-5-15/h4-10,13-14,24H,12H2,1-3H3,(H,25,26)/b17-13-. The van der Waals surface area contributed by atoms with E-state index < -0.39 is 5.91 Å². The van der Waals surface area contributed by atoms with Crippen molar-refractivity contribution in [2.45, 2.75) is 19.5 Å². The number of ether oxygens (including phenoxy) is 2. The van der Waals surface area contributed by atoms with Crippen LogP contribution in [0.1, 0.15) is 24.1 Å². The number of benzene rings is 2. The number of rotatable bonds is 8. The summed E-state index contributed by atoms with van der Waals surface area (Å²) in [5.74, 6) is 0.712. The highest BCUT2D eigenvalue weighted by Gasteiger charge is 2.15. The number of nitriles is 1. The van der Waals surface area contributed by atoms with Crippen molar-refractivity contribution in [2.75, 3.05) is 14.2 Å². The van der Waals surface area contributed by atoms with Crippen molar-refractivity contribution in [1.29, 1.82) is 5.26 Å². The molecule has 0 spiro atoms. The van der Waals surface area contributed by atoms with Gasteiger partial charge >= 0.3 is 0 Å². The minimum atomic E-state index is -0.464. The molecule has 0 radical (unpaired) electrons. The molecule has 0 aliphatic heterocycles. The topological polar surface area (TPSA) is 83.4 Å². The van der Waals surface area contributed by atoms with Gasteiger partial charge in [-0.1, -0.05) is 29.8 Å². The number of carbonyl (C=O) groups excluding carboxylic acids is 1. The van der Waals surface area contributed by atoms with E-state index >= 15 is 0 Å². The second kappa shape index (κ2) is 10.2. The summed E-state index contributed by atoms with van der Waals surface area (Å²) >= 11 is 5.85. The summed E-state index contributed by atoms with van der Waals surface area (Å²) in [4.78, 5) is 12.4. The van der Waals surface area contributed by atoms with Gasteiger partial charge in [0.1, 0.15) is 11.6 Å². The lowest BCUT2D eigenvalue weighted by Crippen LogP contribution is -2.28. The van der Waals surface area contributed by atoms with E-state index in [1.807, 2.05) is 31.2 Å². The van der Waals surface area contributed by atoms with Gasteiger partial charge in [0.2, 0.25) is 0 Å². The second-order valence-corrected chi connectivity index (χ2v) is 6.42. The molecule has 0 heterocycles. The zero-order valence-corrected chi connectivity index (χ0v) is 16.7. The van der Waals surface area contributed by atoms with Gasteiger partial charge in [0.15, 0.2) is 11.5 Å². The van der Waals surface area contributed by atoms with Crippen LogP contribution in [0.2, 0.25) is 5.02 Å². The van der Waals surface area contributed by atoms with Gasteiger partial charge in [-0.2, -0.15) is 5.26 Å². The minimum Gasteiger partial charge on any atom is -0.493 e. The Balaban J connectivity index is 2.00. The first kappa shape index (κ1) is 21.1. The van der Waals surface area contributed by atoms with Crippen LogP contribution >= 0.6 is 11.6 Å². The Kier molecular flexibility index (Phi) is 7.73. The third kappa shape index (κ3) is 5.66. The predicted molar refractivity (Wildman–Crippen MR) is 108 cm³/mol. The average Bonchev–Trinajstić information content (AvgIpc) is 2.71. The molecule has 6 nitrogen and oxygen atoms in total. The van der Waals surface area contributed by atoms with Gasteiger partial charge in [-0.05, 0) is 42.3 Å². The highest BCUT2D eigenvalue weighted by atomic mass is 35.5. The van der Waals surface area contributed by atoms with Gasteiger partial charge in [-0.3, -0.25) is 4.79 Å². The summed E-state index contributed by atoms with van der Waals surface area (Å²) < 4.78 is 10.5. The number of hydrogen-bond donors (Lipinski definition) is 2. The zero-order valence-electron chi connectivity index (χ0n) is 16.0. The number of nitrogens with zero attached hydrogens (tertiary/aromatic N) is 1. The van der Waals surface area contributed by atoms with Crippen LogP contribution in [0.25, 0.3) is 0 Å². The molecule has 1 amide bonds. The van der Waals surface area contributed by atoms with Crippen molar-refractivity contribution < 1.29 is 14.3 Å². The monoisotopic (exact) mass is 399 g/mol. The van der Waals surface area contributed by atoms with Crippen LogP contribution in [-0.2, 0) is 11.3 Å². The molecule has 2 rings (SSSR count). The highest BCUT2D eigenvalue weighted by molar-refractivity contribution is 6.30. The Morgan fingerprint density at radius 1 is 1.18 bits per heavy atom. The number of amides is 1. The highest BCUT2D eigenvalue weighted by Crippen LogP contribution is 2.29. The molecular weight excluding hydrogens is 378 g/mol. The Morgan fingerprint density at radius 3 is 2.46 bits per heavy atom. The SMILES string of the molecule is COc1ccc(C(C)NC(=O)/C(C#N)=C\NCc2ccc(Cl)cc2)cc1OC. The molecule has 7 heteroatoms. The van der Waals surface area contributed by atoms with Gasteiger partial charge in [0, 0.05) is 17.8 Å². The quantitative estimate of drug-likeness (QED) is 0.522. The molecule has 1 unspecified atom stereocenters. The molecule has 1 atom stereocenters. The van der Waals surface area contributed by atoms with Gasteiger partial charge in [0.25, 0.3) is 5.91 Å². The summed E-state index contributed by atoms with van der Waals surface area (Å²) in [5.41, 5.74) is 1.80. The smallest absolute Gasteiger partial charge is 0.263 e. The number of nitrogens with one attached hydrogen (secondary N) is 2. The molecule has 0 fully saturated rings. The van der Waals surface area contributed by atoms with Crippen LogP contribution in [-0.4, -0.2) is 20.1 Å². The van der Waals surface area contributed by atoms with Crippen LogP contribution in [0.15, 0.2) is 54.2 Å². The maximum atomic E-state index is 12.4. The number of carbonyl (C=O) groups is 1. The van der Waals surface area contributed by atoms with E-state index in [9.17, 15) is 10.1 Å². The van der Waals surface area contributed by atoms with Gasteiger partial charge in [-0.25, -0.2) is 0 Å². The molecule has 2 aromatic rings. The fourth-order valence-corrected chi connectivity index (χ4v) is 2.63. The fourth-order valence-electron chi connectivity index (χ4n) is 2.50. The van der Waals surface area contributed by atoms with Crippen LogP contribution in [0.3, 0.4) is 0 Å². The summed E-state index contributed by atoms with van der Waals surface area (Å²) in [6.45, 7) is 2.30. The van der Waals surface area contributed by atoms with Crippen molar-refractivity contribution in [3.8, 4) is 17.6 Å². The molecule has 0 saturated carbocycles. The molecule has 28 heavy (non-hydrogen) atoms. The second-order valence-electron chi connectivity index (χ2n) is 5.99. The number of hydrogen-bond acceptors (Lipinski definition) is 5. The summed E-state index contributed by atoms with van der Waals surface area (Å²) in [7, 11) is 3.11. The molecule has 0 saturated heterocycles. The summed E-state index contributed by atoms with van der Waals surface area (Å²) in [6, 6.07) is 14.3. The van der Waals surface area contributed by atoms with Crippen molar-refractivity contribution in [1.82, 2.24) is 10.6 Å². The first-order valence-electron chi connectivity index (χ1n) is 8.59. The van der Waals surface area contributed by atoms with E-state index in [2.05, 4.69) is 10.6 Å². The van der Waals surface area contributed by atoms with Crippen molar-refractivity contribution in [2.24, 2.45) is 0 Å². The van der Waals surface area contributed by atoms with E-state index in [0.29, 0.717) is 23.1 Å². The van der Waals surface area contributed by atoms with Crippen LogP contribution in [0.5, 0.6) is 11.5 Å². The number of halogens is 1. The van der Waals surface area contributed by atoms with Crippen LogP contribution in [0.4, 0.5) is 0 Å². The lowest BCUT2D eigenvalue weighted by molar-refractivity contribution is -0.117. The van der Waals surface area contributed by atoms with Gasteiger partial charge in [0.05, 0.1) is 20.3 Å². The first-order valence-corrected chi connectivity index (χ1v) is 8.97. The maximum Gasteiger partial charge on any atom is 0.263 e. The van der Waals surface area contributed by atoms with Gasteiger partial charge < -0.3 is 20.1 Å². The molecule has 0 aliphatic carbocycles. The van der Waals surface area contributed by atoms with Crippen molar-refractivity contribution in [3.63, 3.8) is 0 Å². The molecule has 0 bridgehead atoms. The molecule has 2 aromatic carbocycles. The van der Waals surface area contributed by atoms with E-state index in [0.717, 1.165) is 11.1 Å². The maximum absolute atomic E-state index is 12.4. The zero-order chi connectivity index (χ0) is 20.5. The Hall–Kier alpha value is -3.17. The summed E-state index contributed by atoms with van der Waals surface area (Å²) in [6.07, 6.45) is 1.41. The van der Waals surface area contributed by atoms with E-state index in [4.69, 9.17) is 21.1 Å². The normalized spacial score (nSPS) is 11.9. The van der Waals surface area contributed by atoms with E-state index in [1.165, 1.54) is 6.20 Å². The van der Waals surface area contributed by atoms with Crippen molar-refractivity contribution in [3.05, 3.63) is 70.4 Å². The minimum absolute atomic E-state index is 0.0127. The molecule has 0 aliphatic rings. The van der Waals surface area contributed by atoms with Crippen LogP contribution in [0, 0.1) is 11.3 Å². The van der Waals surface area contributed by atoms with E-state index in [1.54, 1.807) is 38.5 Å².